The molecule has 2 aliphatic rings. The Bertz CT molecular complexity index is 544. The van der Waals surface area contributed by atoms with Crippen LogP contribution in [0.25, 0.3) is 0 Å². The van der Waals surface area contributed by atoms with Crippen molar-refractivity contribution in [3.8, 4) is 0 Å². The number of hydrogen-bond acceptors (Lipinski definition) is 3. The number of nitrogens with two attached hydrogens (primary N) is 1. The van der Waals surface area contributed by atoms with Crippen LogP contribution in [0.2, 0.25) is 0 Å². The Balaban J connectivity index is 1.66. The first-order valence-electron chi connectivity index (χ1n) is 6.73. The molecule has 21 heavy (non-hydrogen) atoms. The lowest BCUT2D eigenvalue weighted by Gasteiger charge is -2.45. The molecule has 4 atom stereocenters. The predicted molar refractivity (Wildman–Crippen MR) is 68.5 cm³/mol. The molecule has 1 aromatic carbocycles. The van der Waals surface area contributed by atoms with E-state index in [-0.39, 0.29) is 29.7 Å². The van der Waals surface area contributed by atoms with Crippen LogP contribution in [0.4, 0.5) is 13.2 Å². The molecule has 2 fully saturated rings. The Morgan fingerprint density at radius 3 is 2.57 bits per heavy atom. The third kappa shape index (κ3) is 2.51. The fraction of sp³-hybridized carbons (Fsp3) is 0.500. The van der Waals surface area contributed by atoms with Gasteiger partial charge < -0.3 is 15.8 Å². The van der Waals surface area contributed by atoms with Crippen LogP contribution in [-0.4, -0.2) is 30.7 Å². The van der Waals surface area contributed by atoms with Crippen LogP contribution in [-0.2, 0) is 10.9 Å². The van der Waals surface area contributed by atoms with Gasteiger partial charge in [0.2, 0.25) is 0 Å². The summed E-state index contributed by atoms with van der Waals surface area (Å²) in [4.78, 5) is 12.0. The van der Waals surface area contributed by atoms with Crippen molar-refractivity contribution in [1.82, 2.24) is 5.32 Å². The number of carbonyl (C=O) groups excluding carboxylic acids is 1. The van der Waals surface area contributed by atoms with Gasteiger partial charge in [0.15, 0.2) is 0 Å². The smallest absolute Gasteiger partial charge is 0.376 e. The lowest BCUT2D eigenvalue weighted by molar-refractivity contribution is -0.137. The number of benzene rings is 1. The molecule has 7 heteroatoms. The van der Waals surface area contributed by atoms with E-state index in [2.05, 4.69) is 5.32 Å². The zero-order valence-corrected chi connectivity index (χ0v) is 11.1. The van der Waals surface area contributed by atoms with E-state index in [1.54, 1.807) is 0 Å². The first-order valence-corrected chi connectivity index (χ1v) is 6.73. The van der Waals surface area contributed by atoms with E-state index >= 15 is 0 Å². The second-order valence-electron chi connectivity index (χ2n) is 5.44. The average Bonchev–Trinajstić information content (AvgIpc) is 2.88. The highest BCUT2D eigenvalue weighted by molar-refractivity contribution is 5.94. The summed E-state index contributed by atoms with van der Waals surface area (Å²) in [6.45, 7) is 0.635. The molecule has 1 aromatic rings. The van der Waals surface area contributed by atoms with Crippen LogP contribution in [0.15, 0.2) is 24.3 Å². The van der Waals surface area contributed by atoms with Crippen molar-refractivity contribution in [1.29, 1.82) is 0 Å². The zero-order valence-electron chi connectivity index (χ0n) is 11.1. The molecular weight excluding hydrogens is 285 g/mol. The van der Waals surface area contributed by atoms with Gasteiger partial charge in [0.05, 0.1) is 17.7 Å². The van der Waals surface area contributed by atoms with Gasteiger partial charge >= 0.3 is 6.18 Å². The molecule has 1 heterocycles. The molecule has 114 valence electrons. The standard InChI is InChI=1S/C14H15F3N2O2/c15-14(16,17)8-3-1-7(2-4-8)13(20)19-11-10(18)9-5-6-21-12(9)11/h1-4,9-12H,5-6,18H2,(H,19,20). The molecule has 4 nitrogen and oxygen atoms in total. The largest absolute Gasteiger partial charge is 0.416 e. The Morgan fingerprint density at radius 1 is 1.29 bits per heavy atom. The number of fused-ring (bicyclic) bond motifs is 1. The minimum atomic E-state index is -4.41. The maximum absolute atomic E-state index is 12.5. The lowest BCUT2D eigenvalue weighted by atomic mass is 9.72. The normalized spacial score (nSPS) is 31.4. The second kappa shape index (κ2) is 4.99. The van der Waals surface area contributed by atoms with Gasteiger partial charge in [0.1, 0.15) is 0 Å². The number of amides is 1. The van der Waals surface area contributed by atoms with Crippen LogP contribution in [0, 0.1) is 5.92 Å². The molecule has 0 spiro atoms. The third-order valence-corrected chi connectivity index (χ3v) is 4.22. The first-order chi connectivity index (χ1) is 9.88. The Morgan fingerprint density at radius 2 is 1.95 bits per heavy atom. The minimum absolute atomic E-state index is 0.0709. The van der Waals surface area contributed by atoms with Crippen LogP contribution >= 0.6 is 0 Å². The SMILES string of the molecule is NC1C2CCOC2C1NC(=O)c1ccc(C(F)(F)F)cc1. The minimum Gasteiger partial charge on any atom is -0.376 e. The molecule has 3 N–H and O–H groups in total. The summed E-state index contributed by atoms with van der Waals surface area (Å²) in [6, 6.07) is 3.68. The fourth-order valence-corrected chi connectivity index (χ4v) is 2.97. The Hall–Kier alpha value is -1.60. The molecule has 0 bridgehead atoms. The van der Waals surface area contributed by atoms with Gasteiger partial charge in [0.25, 0.3) is 5.91 Å². The summed E-state index contributed by atoms with van der Waals surface area (Å²) < 4.78 is 42.9. The quantitative estimate of drug-likeness (QED) is 0.871. The van der Waals surface area contributed by atoms with Gasteiger partial charge in [0, 0.05) is 24.1 Å². The van der Waals surface area contributed by atoms with Crippen molar-refractivity contribution in [2.75, 3.05) is 6.61 Å². The van der Waals surface area contributed by atoms with Gasteiger partial charge in [-0.1, -0.05) is 0 Å². The van der Waals surface area contributed by atoms with E-state index in [1.807, 2.05) is 0 Å². The van der Waals surface area contributed by atoms with E-state index in [1.165, 1.54) is 0 Å². The van der Waals surface area contributed by atoms with Crippen LogP contribution in [0.5, 0.6) is 0 Å². The summed E-state index contributed by atoms with van der Waals surface area (Å²) in [5.41, 5.74) is 5.37. The van der Waals surface area contributed by atoms with Gasteiger partial charge in [-0.25, -0.2) is 0 Å². The Kier molecular flexibility index (Phi) is 3.41. The van der Waals surface area contributed by atoms with Crippen molar-refractivity contribution < 1.29 is 22.7 Å². The molecular formula is C14H15F3N2O2. The summed E-state index contributed by atoms with van der Waals surface area (Å²) >= 11 is 0. The van der Waals surface area contributed by atoms with Crippen molar-refractivity contribution in [3.63, 3.8) is 0 Å². The summed E-state index contributed by atoms with van der Waals surface area (Å²) in [5.74, 6) is -0.166. The van der Waals surface area contributed by atoms with E-state index < -0.39 is 17.6 Å². The number of carbonyl (C=O) groups is 1. The number of nitrogens with one attached hydrogen (secondary N) is 1. The molecule has 4 unspecified atom stereocenters. The monoisotopic (exact) mass is 300 g/mol. The van der Waals surface area contributed by atoms with Gasteiger partial charge in [-0.3, -0.25) is 4.79 Å². The van der Waals surface area contributed by atoms with E-state index in [9.17, 15) is 18.0 Å². The highest BCUT2D eigenvalue weighted by atomic mass is 19.4. The van der Waals surface area contributed by atoms with Crippen LogP contribution < -0.4 is 11.1 Å². The molecule has 1 saturated carbocycles. The van der Waals surface area contributed by atoms with E-state index in [0.717, 1.165) is 30.7 Å². The molecule has 3 rings (SSSR count). The van der Waals surface area contributed by atoms with Crippen molar-refractivity contribution in [2.45, 2.75) is 30.8 Å². The highest BCUT2D eigenvalue weighted by Crippen LogP contribution is 2.37. The maximum atomic E-state index is 12.5. The number of alkyl halides is 3. The van der Waals surface area contributed by atoms with Gasteiger partial charge in [-0.05, 0) is 30.7 Å². The predicted octanol–water partition coefficient (Wildman–Crippen LogP) is 1.55. The Labute approximate surface area is 119 Å². The highest BCUT2D eigenvalue weighted by Gasteiger charge is 2.52. The summed E-state index contributed by atoms with van der Waals surface area (Å²) in [6.07, 6.45) is -3.59. The van der Waals surface area contributed by atoms with Gasteiger partial charge in [-0.15, -0.1) is 0 Å². The topological polar surface area (TPSA) is 64.3 Å². The maximum Gasteiger partial charge on any atom is 0.416 e. The van der Waals surface area contributed by atoms with Crippen molar-refractivity contribution >= 4 is 5.91 Å². The third-order valence-electron chi connectivity index (χ3n) is 4.22. The zero-order chi connectivity index (χ0) is 15.2. The summed E-state index contributed by atoms with van der Waals surface area (Å²) in [5, 5.41) is 2.74. The number of ether oxygens (including phenoxy) is 1. The average molecular weight is 300 g/mol. The van der Waals surface area contributed by atoms with Crippen LogP contribution in [0.3, 0.4) is 0 Å². The van der Waals surface area contributed by atoms with E-state index in [0.29, 0.717) is 6.61 Å². The first kappa shape index (κ1) is 14.3. The van der Waals surface area contributed by atoms with Gasteiger partial charge in [-0.2, -0.15) is 13.2 Å². The van der Waals surface area contributed by atoms with Crippen LogP contribution in [0.1, 0.15) is 22.3 Å². The molecule has 1 saturated heterocycles. The van der Waals surface area contributed by atoms with Crippen molar-refractivity contribution in [2.24, 2.45) is 11.7 Å². The molecule has 0 aromatic heterocycles. The molecule has 0 radical (unpaired) electrons. The fourth-order valence-electron chi connectivity index (χ4n) is 2.97. The lowest BCUT2D eigenvalue weighted by Crippen LogP contribution is -2.68. The van der Waals surface area contributed by atoms with E-state index in [4.69, 9.17) is 10.5 Å². The number of rotatable bonds is 2. The molecule has 1 aliphatic heterocycles. The van der Waals surface area contributed by atoms with Crippen molar-refractivity contribution in [3.05, 3.63) is 35.4 Å². The molecule has 1 amide bonds. The molecule has 1 aliphatic carbocycles. The summed E-state index contributed by atoms with van der Waals surface area (Å²) in [7, 11) is 0. The number of halogens is 3. The second-order valence-corrected chi connectivity index (χ2v) is 5.44. The number of hydrogen-bond donors (Lipinski definition) is 2.